The van der Waals surface area contributed by atoms with Crippen LogP contribution in [-0.4, -0.2) is 41.3 Å². The van der Waals surface area contributed by atoms with Crippen molar-refractivity contribution in [3.8, 4) is 0 Å². The molecule has 0 radical (unpaired) electrons. The molecule has 0 aromatic carbocycles. The van der Waals surface area contributed by atoms with Crippen LogP contribution in [0.5, 0.6) is 0 Å². The highest BCUT2D eigenvalue weighted by atomic mass is 16.6. The lowest BCUT2D eigenvalue weighted by molar-refractivity contribution is -0.121. The van der Waals surface area contributed by atoms with Gasteiger partial charge >= 0.3 is 6.09 Å². The molecule has 5 heteroatoms. The SMILES string of the molecule is CC(=O)[C@H]1CO[C@@H](C(C)C)N1C(=O)OC(C)(C)C. The maximum absolute atomic E-state index is 12.2. The number of hydrogen-bond acceptors (Lipinski definition) is 4. The molecule has 1 aliphatic heterocycles. The van der Waals surface area contributed by atoms with E-state index in [-0.39, 0.29) is 18.3 Å². The third-order valence-corrected chi connectivity index (χ3v) is 2.68. The summed E-state index contributed by atoms with van der Waals surface area (Å²) in [6, 6.07) is -0.535. The number of carbonyl (C=O) groups is 2. The van der Waals surface area contributed by atoms with Gasteiger partial charge in [0, 0.05) is 0 Å². The molecule has 0 spiro atoms. The number of carbonyl (C=O) groups excluding carboxylic acids is 2. The highest BCUT2D eigenvalue weighted by molar-refractivity contribution is 5.86. The van der Waals surface area contributed by atoms with Crippen molar-refractivity contribution >= 4 is 11.9 Å². The van der Waals surface area contributed by atoms with Gasteiger partial charge in [-0.25, -0.2) is 4.79 Å². The van der Waals surface area contributed by atoms with E-state index in [4.69, 9.17) is 9.47 Å². The zero-order valence-electron chi connectivity index (χ0n) is 12.0. The minimum atomic E-state index is -0.581. The van der Waals surface area contributed by atoms with Crippen LogP contribution in [-0.2, 0) is 14.3 Å². The molecule has 1 fully saturated rings. The highest BCUT2D eigenvalue weighted by Gasteiger charge is 2.43. The largest absolute Gasteiger partial charge is 0.444 e. The predicted octanol–water partition coefficient (Wildman–Crippen LogP) is 2.19. The Morgan fingerprint density at radius 3 is 2.28 bits per heavy atom. The van der Waals surface area contributed by atoms with Crippen molar-refractivity contribution in [3.63, 3.8) is 0 Å². The Bertz CT molecular complexity index is 332. The van der Waals surface area contributed by atoms with Crippen LogP contribution in [0.3, 0.4) is 0 Å². The average Bonchev–Trinajstić information content (AvgIpc) is 2.58. The van der Waals surface area contributed by atoms with E-state index in [1.807, 2.05) is 13.8 Å². The molecule has 0 aliphatic carbocycles. The second-order valence-electron chi connectivity index (χ2n) is 5.98. The van der Waals surface area contributed by atoms with Gasteiger partial charge in [0.2, 0.25) is 0 Å². The van der Waals surface area contributed by atoms with Gasteiger partial charge in [0.25, 0.3) is 0 Å². The Labute approximate surface area is 108 Å². The Morgan fingerprint density at radius 1 is 1.33 bits per heavy atom. The lowest BCUT2D eigenvalue weighted by Crippen LogP contribution is -2.48. The average molecular weight is 257 g/mol. The molecule has 1 rings (SSSR count). The fraction of sp³-hybridized carbons (Fsp3) is 0.846. The first kappa shape index (κ1) is 15.0. The minimum Gasteiger partial charge on any atom is -0.444 e. The molecule has 0 aromatic heterocycles. The van der Waals surface area contributed by atoms with Gasteiger partial charge in [-0.1, -0.05) is 13.8 Å². The second kappa shape index (κ2) is 5.26. The fourth-order valence-corrected chi connectivity index (χ4v) is 1.90. The van der Waals surface area contributed by atoms with E-state index in [2.05, 4.69) is 0 Å². The van der Waals surface area contributed by atoms with Gasteiger partial charge in [0.1, 0.15) is 17.9 Å². The molecule has 1 heterocycles. The summed E-state index contributed by atoms with van der Waals surface area (Å²) in [5, 5.41) is 0. The van der Waals surface area contributed by atoms with Crippen molar-refractivity contribution in [3.05, 3.63) is 0 Å². The van der Waals surface area contributed by atoms with Gasteiger partial charge in [-0.15, -0.1) is 0 Å². The van der Waals surface area contributed by atoms with E-state index in [1.54, 1.807) is 20.8 Å². The molecule has 18 heavy (non-hydrogen) atoms. The fourth-order valence-electron chi connectivity index (χ4n) is 1.90. The van der Waals surface area contributed by atoms with E-state index in [0.717, 1.165) is 0 Å². The zero-order valence-corrected chi connectivity index (χ0v) is 12.0. The summed E-state index contributed by atoms with van der Waals surface area (Å²) in [6.45, 7) is 11.0. The molecule has 2 atom stereocenters. The topological polar surface area (TPSA) is 55.8 Å². The smallest absolute Gasteiger partial charge is 0.413 e. The summed E-state index contributed by atoms with van der Waals surface area (Å²) in [7, 11) is 0. The van der Waals surface area contributed by atoms with E-state index >= 15 is 0 Å². The first-order valence-electron chi connectivity index (χ1n) is 6.27. The van der Waals surface area contributed by atoms with Crippen LogP contribution >= 0.6 is 0 Å². The first-order chi connectivity index (χ1) is 8.13. The van der Waals surface area contributed by atoms with Gasteiger partial charge in [-0.2, -0.15) is 0 Å². The van der Waals surface area contributed by atoms with Gasteiger partial charge in [0.15, 0.2) is 5.78 Å². The molecule has 0 saturated carbocycles. The molecule has 0 unspecified atom stereocenters. The van der Waals surface area contributed by atoms with E-state index in [9.17, 15) is 9.59 Å². The lowest BCUT2D eigenvalue weighted by atomic mass is 10.1. The number of rotatable bonds is 2. The summed E-state index contributed by atoms with van der Waals surface area (Å²) in [5.41, 5.74) is -0.581. The molecule has 1 saturated heterocycles. The highest BCUT2D eigenvalue weighted by Crippen LogP contribution is 2.26. The molecular weight excluding hydrogens is 234 g/mol. The summed E-state index contributed by atoms with van der Waals surface area (Å²) >= 11 is 0. The normalized spacial score (nSPS) is 24.5. The summed E-state index contributed by atoms with van der Waals surface area (Å²) in [5.74, 6) is 0.0332. The molecule has 5 nitrogen and oxygen atoms in total. The molecule has 104 valence electrons. The zero-order chi connectivity index (χ0) is 14.1. The van der Waals surface area contributed by atoms with Crippen LogP contribution in [0.1, 0.15) is 41.5 Å². The van der Waals surface area contributed by atoms with E-state index in [1.165, 1.54) is 11.8 Å². The van der Waals surface area contributed by atoms with Crippen LogP contribution in [0.25, 0.3) is 0 Å². The number of hydrogen-bond donors (Lipinski definition) is 0. The van der Waals surface area contributed by atoms with Gasteiger partial charge in [-0.05, 0) is 33.6 Å². The quantitative estimate of drug-likeness (QED) is 0.761. The van der Waals surface area contributed by atoms with Gasteiger partial charge < -0.3 is 9.47 Å². The van der Waals surface area contributed by atoms with Crippen LogP contribution in [0.4, 0.5) is 4.79 Å². The minimum absolute atomic E-state index is 0.0796. The lowest BCUT2D eigenvalue weighted by Gasteiger charge is -2.31. The molecule has 0 bridgehead atoms. The van der Waals surface area contributed by atoms with Crippen LogP contribution in [0, 0.1) is 5.92 Å². The van der Waals surface area contributed by atoms with Crippen molar-refractivity contribution in [1.29, 1.82) is 0 Å². The Kier molecular flexibility index (Phi) is 4.37. The molecule has 0 N–H and O–H groups in total. The number of Topliss-reactive ketones (excluding diaryl/α,β-unsaturated/α-hetero) is 1. The molecule has 0 aromatic rings. The Morgan fingerprint density at radius 2 is 1.89 bits per heavy atom. The monoisotopic (exact) mass is 257 g/mol. The predicted molar refractivity (Wildman–Crippen MR) is 67.1 cm³/mol. The third kappa shape index (κ3) is 3.45. The number of nitrogens with zero attached hydrogens (tertiary/aromatic N) is 1. The van der Waals surface area contributed by atoms with Crippen LogP contribution < -0.4 is 0 Å². The van der Waals surface area contributed by atoms with Crippen molar-refractivity contribution in [2.45, 2.75) is 59.4 Å². The summed E-state index contributed by atoms with van der Waals surface area (Å²) in [6.07, 6.45) is -0.882. The summed E-state index contributed by atoms with van der Waals surface area (Å²) in [4.78, 5) is 25.2. The van der Waals surface area contributed by atoms with Crippen molar-refractivity contribution < 1.29 is 19.1 Å². The van der Waals surface area contributed by atoms with Crippen molar-refractivity contribution in [1.82, 2.24) is 4.90 Å². The summed E-state index contributed by atoms with van der Waals surface area (Å²) < 4.78 is 10.9. The Balaban J connectivity index is 2.89. The van der Waals surface area contributed by atoms with E-state index < -0.39 is 24.0 Å². The maximum Gasteiger partial charge on any atom is 0.413 e. The number of amides is 1. The third-order valence-electron chi connectivity index (χ3n) is 2.68. The second-order valence-corrected chi connectivity index (χ2v) is 5.98. The first-order valence-corrected chi connectivity index (χ1v) is 6.27. The Hall–Kier alpha value is -1.10. The maximum atomic E-state index is 12.2. The number of ether oxygens (including phenoxy) is 2. The van der Waals surface area contributed by atoms with Crippen LogP contribution in [0.2, 0.25) is 0 Å². The molecular formula is C13H23NO4. The van der Waals surface area contributed by atoms with Crippen molar-refractivity contribution in [2.75, 3.05) is 6.61 Å². The number of ketones is 1. The van der Waals surface area contributed by atoms with Crippen molar-refractivity contribution in [2.24, 2.45) is 5.92 Å². The van der Waals surface area contributed by atoms with Gasteiger partial charge in [0.05, 0.1) is 6.61 Å². The molecule has 1 amide bonds. The van der Waals surface area contributed by atoms with Gasteiger partial charge in [-0.3, -0.25) is 9.69 Å². The van der Waals surface area contributed by atoms with Crippen LogP contribution in [0.15, 0.2) is 0 Å². The molecule has 1 aliphatic rings. The standard InChI is InChI=1S/C13H23NO4/c1-8(2)11-14(10(7-17-11)9(3)15)12(16)18-13(4,5)6/h8,10-11H,7H2,1-6H3/t10-,11+/m1/s1. The van der Waals surface area contributed by atoms with E-state index in [0.29, 0.717) is 0 Å².